The molecule has 0 radical (unpaired) electrons. The highest BCUT2D eigenvalue weighted by Gasteiger charge is 2.26. The molecule has 2 saturated heterocycles. The fourth-order valence-electron chi connectivity index (χ4n) is 3.20. The lowest BCUT2D eigenvalue weighted by Crippen LogP contribution is -2.51. The van der Waals surface area contributed by atoms with Crippen LogP contribution in [-0.4, -0.2) is 72.3 Å². The first-order valence-electron chi connectivity index (χ1n) is 8.29. The van der Waals surface area contributed by atoms with Gasteiger partial charge >= 0.3 is 0 Å². The second-order valence-electron chi connectivity index (χ2n) is 6.28. The van der Waals surface area contributed by atoms with Gasteiger partial charge in [-0.15, -0.1) is 0 Å². The fraction of sp³-hybridized carbons (Fsp3) is 0.529. The number of hydrogen-bond acceptors (Lipinski definition) is 3. The maximum Gasteiger partial charge on any atom is 0.256 e. The summed E-state index contributed by atoms with van der Waals surface area (Å²) in [4.78, 5) is 29.9. The zero-order valence-corrected chi connectivity index (χ0v) is 13.5. The van der Waals surface area contributed by atoms with E-state index in [1.54, 1.807) is 4.90 Å². The van der Waals surface area contributed by atoms with E-state index in [9.17, 15) is 18.4 Å². The van der Waals surface area contributed by atoms with Crippen LogP contribution < -0.4 is 0 Å². The van der Waals surface area contributed by atoms with E-state index in [4.69, 9.17) is 0 Å². The summed E-state index contributed by atoms with van der Waals surface area (Å²) >= 11 is 0. The van der Waals surface area contributed by atoms with Gasteiger partial charge in [-0.3, -0.25) is 14.5 Å². The van der Waals surface area contributed by atoms with E-state index < -0.39 is 17.5 Å². The van der Waals surface area contributed by atoms with Crippen molar-refractivity contribution in [3.63, 3.8) is 0 Å². The van der Waals surface area contributed by atoms with Gasteiger partial charge in [0, 0.05) is 45.3 Å². The lowest BCUT2D eigenvalue weighted by molar-refractivity contribution is -0.131. The number of amides is 2. The molecule has 2 heterocycles. The van der Waals surface area contributed by atoms with Gasteiger partial charge in [-0.25, -0.2) is 8.78 Å². The van der Waals surface area contributed by atoms with Crippen LogP contribution in [0.15, 0.2) is 18.2 Å². The number of carbonyl (C=O) groups is 2. The normalized spacial score (nSPS) is 18.9. The van der Waals surface area contributed by atoms with Crippen molar-refractivity contribution in [3.05, 3.63) is 35.4 Å². The third-order valence-corrected chi connectivity index (χ3v) is 4.64. The second kappa shape index (κ2) is 7.25. The SMILES string of the molecule is O=C(CN1CCN(C(=O)c2ccc(F)cc2F)CC1)N1CCCC1. The van der Waals surface area contributed by atoms with Gasteiger partial charge in [0.2, 0.25) is 5.91 Å². The molecule has 24 heavy (non-hydrogen) atoms. The van der Waals surface area contributed by atoms with Crippen molar-refractivity contribution in [1.82, 2.24) is 14.7 Å². The van der Waals surface area contributed by atoms with E-state index in [0.717, 1.165) is 38.1 Å². The number of rotatable bonds is 3. The molecule has 0 atom stereocenters. The van der Waals surface area contributed by atoms with Crippen LogP contribution in [0.3, 0.4) is 0 Å². The third-order valence-electron chi connectivity index (χ3n) is 4.64. The van der Waals surface area contributed by atoms with Crippen molar-refractivity contribution in [1.29, 1.82) is 0 Å². The van der Waals surface area contributed by atoms with E-state index in [1.165, 1.54) is 6.07 Å². The van der Waals surface area contributed by atoms with Crippen LogP contribution in [0.4, 0.5) is 8.78 Å². The second-order valence-corrected chi connectivity index (χ2v) is 6.28. The molecule has 0 spiro atoms. The summed E-state index contributed by atoms with van der Waals surface area (Å²) in [5, 5.41) is 0. The van der Waals surface area contributed by atoms with Gasteiger partial charge in [-0.1, -0.05) is 0 Å². The average molecular weight is 337 g/mol. The Morgan fingerprint density at radius 3 is 2.21 bits per heavy atom. The van der Waals surface area contributed by atoms with Crippen molar-refractivity contribution in [2.75, 3.05) is 45.8 Å². The van der Waals surface area contributed by atoms with Gasteiger partial charge in [0.25, 0.3) is 5.91 Å². The van der Waals surface area contributed by atoms with Gasteiger partial charge in [0.05, 0.1) is 12.1 Å². The first kappa shape index (κ1) is 16.8. The van der Waals surface area contributed by atoms with E-state index in [-0.39, 0.29) is 11.5 Å². The van der Waals surface area contributed by atoms with Crippen LogP contribution in [0.2, 0.25) is 0 Å². The van der Waals surface area contributed by atoms with Gasteiger partial charge in [0.1, 0.15) is 11.6 Å². The molecule has 0 saturated carbocycles. The van der Waals surface area contributed by atoms with E-state index in [2.05, 4.69) is 0 Å². The predicted octanol–water partition coefficient (Wildman–Crippen LogP) is 1.34. The molecular formula is C17H21F2N3O2. The molecule has 7 heteroatoms. The van der Waals surface area contributed by atoms with Crippen molar-refractivity contribution < 1.29 is 18.4 Å². The summed E-state index contributed by atoms with van der Waals surface area (Å²) in [5.41, 5.74) is -0.113. The highest BCUT2D eigenvalue weighted by Crippen LogP contribution is 2.14. The Bertz CT molecular complexity index is 624. The quantitative estimate of drug-likeness (QED) is 0.836. The Balaban J connectivity index is 1.52. The maximum absolute atomic E-state index is 13.7. The summed E-state index contributed by atoms with van der Waals surface area (Å²) in [6.45, 7) is 4.06. The molecule has 0 aliphatic carbocycles. The molecule has 2 amide bonds. The molecule has 1 aromatic rings. The Morgan fingerprint density at radius 1 is 0.917 bits per heavy atom. The standard InChI is InChI=1S/C17H21F2N3O2/c18-13-3-4-14(15(19)11-13)17(24)22-9-7-20(8-10-22)12-16(23)21-5-1-2-6-21/h3-4,11H,1-2,5-10,12H2. The minimum atomic E-state index is -0.841. The fourth-order valence-corrected chi connectivity index (χ4v) is 3.20. The number of nitrogens with zero attached hydrogens (tertiary/aromatic N) is 3. The van der Waals surface area contributed by atoms with E-state index in [0.29, 0.717) is 32.7 Å². The van der Waals surface area contributed by atoms with Gasteiger partial charge in [0.15, 0.2) is 0 Å². The van der Waals surface area contributed by atoms with Crippen LogP contribution >= 0.6 is 0 Å². The third kappa shape index (κ3) is 3.72. The highest BCUT2D eigenvalue weighted by atomic mass is 19.1. The number of benzene rings is 1. The molecule has 5 nitrogen and oxygen atoms in total. The van der Waals surface area contributed by atoms with Crippen LogP contribution in [0.5, 0.6) is 0 Å². The number of carbonyl (C=O) groups excluding carboxylic acids is 2. The van der Waals surface area contributed by atoms with Crippen molar-refractivity contribution in [3.8, 4) is 0 Å². The van der Waals surface area contributed by atoms with Crippen molar-refractivity contribution in [2.24, 2.45) is 0 Å². The van der Waals surface area contributed by atoms with E-state index >= 15 is 0 Å². The topological polar surface area (TPSA) is 43.9 Å². The van der Waals surface area contributed by atoms with Gasteiger partial charge in [-0.2, -0.15) is 0 Å². The van der Waals surface area contributed by atoms with Crippen LogP contribution in [-0.2, 0) is 4.79 Å². The van der Waals surface area contributed by atoms with Crippen LogP contribution in [0, 0.1) is 11.6 Å². The lowest BCUT2D eigenvalue weighted by atomic mass is 10.1. The number of hydrogen-bond donors (Lipinski definition) is 0. The first-order valence-corrected chi connectivity index (χ1v) is 8.29. The zero-order valence-electron chi connectivity index (χ0n) is 13.5. The smallest absolute Gasteiger partial charge is 0.256 e. The molecular weight excluding hydrogens is 316 g/mol. The van der Waals surface area contributed by atoms with Gasteiger partial charge in [-0.05, 0) is 25.0 Å². The molecule has 130 valence electrons. The summed E-state index contributed by atoms with van der Waals surface area (Å²) in [6, 6.07) is 2.98. The largest absolute Gasteiger partial charge is 0.342 e. The van der Waals surface area contributed by atoms with Crippen LogP contribution in [0.25, 0.3) is 0 Å². The monoisotopic (exact) mass is 337 g/mol. The molecule has 1 aromatic carbocycles. The molecule has 2 fully saturated rings. The molecule has 2 aliphatic rings. The minimum Gasteiger partial charge on any atom is -0.342 e. The number of likely N-dealkylation sites (tertiary alicyclic amines) is 1. The molecule has 0 unspecified atom stereocenters. The molecule has 0 bridgehead atoms. The molecule has 0 N–H and O–H groups in total. The molecule has 2 aliphatic heterocycles. The Hall–Kier alpha value is -2.02. The maximum atomic E-state index is 13.7. The zero-order chi connectivity index (χ0) is 17.1. The average Bonchev–Trinajstić information content (AvgIpc) is 3.09. The summed E-state index contributed by atoms with van der Waals surface area (Å²) in [6.07, 6.45) is 2.13. The van der Waals surface area contributed by atoms with Crippen molar-refractivity contribution in [2.45, 2.75) is 12.8 Å². The summed E-state index contributed by atoms with van der Waals surface area (Å²) < 4.78 is 26.7. The molecule has 0 aromatic heterocycles. The minimum absolute atomic E-state index is 0.113. The van der Waals surface area contributed by atoms with Crippen LogP contribution in [0.1, 0.15) is 23.2 Å². The predicted molar refractivity (Wildman–Crippen MR) is 84.5 cm³/mol. The molecule has 3 rings (SSSR count). The van der Waals surface area contributed by atoms with Gasteiger partial charge < -0.3 is 9.80 Å². The number of halogens is 2. The number of piperazine rings is 1. The Morgan fingerprint density at radius 2 is 1.58 bits per heavy atom. The summed E-state index contributed by atoms with van der Waals surface area (Å²) in [5.74, 6) is -1.84. The first-order chi connectivity index (χ1) is 11.5. The highest BCUT2D eigenvalue weighted by molar-refractivity contribution is 5.94. The van der Waals surface area contributed by atoms with Crippen molar-refractivity contribution >= 4 is 11.8 Å². The summed E-state index contributed by atoms with van der Waals surface area (Å²) in [7, 11) is 0. The Labute approximate surface area is 139 Å². The lowest BCUT2D eigenvalue weighted by Gasteiger charge is -2.35. The van der Waals surface area contributed by atoms with E-state index in [1.807, 2.05) is 9.80 Å². The Kier molecular flexibility index (Phi) is 5.08.